The fourth-order valence-electron chi connectivity index (χ4n) is 2.80. The van der Waals surface area contributed by atoms with Crippen molar-refractivity contribution in [1.29, 1.82) is 0 Å². The maximum absolute atomic E-state index is 6.05. The lowest BCUT2D eigenvalue weighted by Gasteiger charge is -2.22. The summed E-state index contributed by atoms with van der Waals surface area (Å²) in [7, 11) is 1.78. The molecule has 2 N–H and O–H groups in total. The van der Waals surface area contributed by atoms with Gasteiger partial charge in [0.25, 0.3) is 0 Å². The Morgan fingerprint density at radius 2 is 2.15 bits per heavy atom. The zero-order valence-corrected chi connectivity index (χ0v) is 18.8. The molecule has 1 aliphatic rings. The Labute approximate surface area is 179 Å². The lowest BCUT2D eigenvalue weighted by Crippen LogP contribution is -2.39. The van der Waals surface area contributed by atoms with E-state index in [1.54, 1.807) is 7.05 Å². The topological polar surface area (TPSA) is 54.9 Å². The van der Waals surface area contributed by atoms with Gasteiger partial charge in [0.2, 0.25) is 0 Å². The predicted octanol–water partition coefficient (Wildman–Crippen LogP) is 4.02. The highest BCUT2D eigenvalue weighted by molar-refractivity contribution is 14.0. The third-order valence-corrected chi connectivity index (χ3v) is 4.61. The van der Waals surface area contributed by atoms with Crippen LogP contribution in [0, 0.1) is 5.92 Å². The van der Waals surface area contributed by atoms with Gasteiger partial charge in [-0.15, -0.1) is 24.0 Å². The molecule has 0 radical (unpaired) electrons. The number of halogens is 2. The smallest absolute Gasteiger partial charge is 0.191 e. The fraction of sp³-hybridized carbons (Fsp3) is 0.632. The maximum atomic E-state index is 6.05. The number of hydrogen-bond acceptors (Lipinski definition) is 3. The lowest BCUT2D eigenvalue weighted by atomic mass is 10.0. The number of ether oxygens (including phenoxy) is 2. The highest BCUT2D eigenvalue weighted by Crippen LogP contribution is 2.17. The number of benzene rings is 1. The molecule has 1 atom stereocenters. The Morgan fingerprint density at radius 3 is 2.85 bits per heavy atom. The molecule has 7 heteroatoms. The van der Waals surface area contributed by atoms with Gasteiger partial charge in [-0.1, -0.05) is 23.7 Å². The van der Waals surface area contributed by atoms with Crippen LogP contribution in [-0.2, 0) is 9.47 Å². The largest absolute Gasteiger partial charge is 0.381 e. The average Bonchev–Trinajstić information content (AvgIpc) is 2.64. The summed E-state index contributed by atoms with van der Waals surface area (Å²) < 4.78 is 11.1. The fourth-order valence-corrected chi connectivity index (χ4v) is 3.00. The Balaban J connectivity index is 0.00000338. The third-order valence-electron chi connectivity index (χ3n) is 4.38. The minimum Gasteiger partial charge on any atom is -0.381 e. The summed E-state index contributed by atoms with van der Waals surface area (Å²) in [5.74, 6) is 1.45. The Bertz CT molecular complexity index is 539. The molecule has 1 saturated heterocycles. The molecule has 1 aliphatic heterocycles. The second-order valence-electron chi connectivity index (χ2n) is 6.40. The van der Waals surface area contributed by atoms with E-state index in [0.29, 0.717) is 5.92 Å². The summed E-state index contributed by atoms with van der Waals surface area (Å²) in [6.45, 7) is 6.29. The first-order valence-electron chi connectivity index (χ1n) is 9.07. The van der Waals surface area contributed by atoms with Gasteiger partial charge in [0.15, 0.2) is 5.96 Å². The first-order chi connectivity index (χ1) is 12.2. The molecule has 1 aromatic carbocycles. The maximum Gasteiger partial charge on any atom is 0.191 e. The van der Waals surface area contributed by atoms with Crippen LogP contribution in [0.3, 0.4) is 0 Å². The van der Waals surface area contributed by atoms with Crippen molar-refractivity contribution in [3.63, 3.8) is 0 Å². The molecule has 0 spiro atoms. The van der Waals surface area contributed by atoms with Crippen LogP contribution < -0.4 is 10.6 Å². The van der Waals surface area contributed by atoms with E-state index in [4.69, 9.17) is 21.1 Å². The quantitative estimate of drug-likeness (QED) is 0.248. The van der Waals surface area contributed by atoms with Gasteiger partial charge in [0.05, 0.1) is 6.04 Å². The number of hydrogen-bond donors (Lipinski definition) is 2. The van der Waals surface area contributed by atoms with Gasteiger partial charge >= 0.3 is 0 Å². The number of nitrogens with zero attached hydrogens (tertiary/aromatic N) is 1. The standard InChI is InChI=1S/C19H30ClN3O2.HI/c1-15(17-5-3-6-18(20)13-17)23-19(21-2)22-9-4-10-25-14-16-7-11-24-12-8-16;/h3,5-6,13,15-16H,4,7-12,14H2,1-2H3,(H2,21,22,23);1H. The van der Waals surface area contributed by atoms with Crippen molar-refractivity contribution in [3.05, 3.63) is 34.9 Å². The van der Waals surface area contributed by atoms with Crippen LogP contribution >= 0.6 is 35.6 Å². The summed E-state index contributed by atoms with van der Waals surface area (Å²) in [6.07, 6.45) is 3.20. The normalized spacial score (nSPS) is 16.7. The molecule has 0 amide bonds. The van der Waals surface area contributed by atoms with Crippen molar-refractivity contribution in [2.24, 2.45) is 10.9 Å². The van der Waals surface area contributed by atoms with E-state index in [-0.39, 0.29) is 30.0 Å². The van der Waals surface area contributed by atoms with Crippen molar-refractivity contribution >= 4 is 41.5 Å². The van der Waals surface area contributed by atoms with E-state index in [2.05, 4.69) is 28.6 Å². The molecule has 1 aromatic rings. The van der Waals surface area contributed by atoms with Gasteiger partial charge in [-0.2, -0.15) is 0 Å². The van der Waals surface area contributed by atoms with Crippen molar-refractivity contribution in [2.75, 3.05) is 40.0 Å². The summed E-state index contributed by atoms with van der Waals surface area (Å²) in [6, 6.07) is 8.00. The van der Waals surface area contributed by atoms with E-state index < -0.39 is 0 Å². The molecule has 0 bridgehead atoms. The summed E-state index contributed by atoms with van der Waals surface area (Å²) in [5, 5.41) is 7.45. The second kappa shape index (κ2) is 13.6. The van der Waals surface area contributed by atoms with Crippen molar-refractivity contribution in [3.8, 4) is 0 Å². The van der Waals surface area contributed by atoms with E-state index in [1.165, 1.54) is 0 Å². The molecule has 1 heterocycles. The van der Waals surface area contributed by atoms with E-state index in [1.807, 2.05) is 18.2 Å². The summed E-state index contributed by atoms with van der Waals surface area (Å²) >= 11 is 6.05. The highest BCUT2D eigenvalue weighted by Gasteiger charge is 2.13. The Kier molecular flexibility index (Phi) is 12.3. The molecule has 0 saturated carbocycles. The number of guanidine groups is 1. The molecule has 1 fully saturated rings. The summed E-state index contributed by atoms with van der Waals surface area (Å²) in [4.78, 5) is 4.27. The molecule has 0 aliphatic carbocycles. The van der Waals surface area contributed by atoms with Crippen LogP contribution in [0.15, 0.2) is 29.3 Å². The third kappa shape index (κ3) is 8.88. The molecule has 26 heavy (non-hydrogen) atoms. The van der Waals surface area contributed by atoms with Crippen LogP contribution in [0.2, 0.25) is 5.02 Å². The van der Waals surface area contributed by atoms with Crippen molar-refractivity contribution < 1.29 is 9.47 Å². The van der Waals surface area contributed by atoms with Gasteiger partial charge in [-0.05, 0) is 49.8 Å². The zero-order chi connectivity index (χ0) is 17.9. The molecule has 5 nitrogen and oxygen atoms in total. The zero-order valence-electron chi connectivity index (χ0n) is 15.7. The number of aliphatic imine (C=N–C) groups is 1. The van der Waals surface area contributed by atoms with Crippen molar-refractivity contribution in [2.45, 2.75) is 32.2 Å². The van der Waals surface area contributed by atoms with Gasteiger partial charge in [0.1, 0.15) is 0 Å². The minimum absolute atomic E-state index is 0. The molecular formula is C19H31ClIN3O2. The lowest BCUT2D eigenvalue weighted by molar-refractivity contribution is 0.0203. The van der Waals surface area contributed by atoms with E-state index in [0.717, 1.165) is 68.8 Å². The highest BCUT2D eigenvalue weighted by atomic mass is 127. The van der Waals surface area contributed by atoms with Crippen LogP contribution in [0.5, 0.6) is 0 Å². The van der Waals surface area contributed by atoms with E-state index >= 15 is 0 Å². The SMILES string of the molecule is CN=C(NCCCOCC1CCOCC1)NC(C)c1cccc(Cl)c1.I. The van der Waals surface area contributed by atoms with Crippen LogP contribution in [0.4, 0.5) is 0 Å². The first-order valence-corrected chi connectivity index (χ1v) is 9.45. The predicted molar refractivity (Wildman–Crippen MR) is 119 cm³/mol. The molecule has 148 valence electrons. The minimum atomic E-state index is 0. The van der Waals surface area contributed by atoms with Crippen LogP contribution in [0.25, 0.3) is 0 Å². The van der Waals surface area contributed by atoms with Crippen LogP contribution in [0.1, 0.15) is 37.8 Å². The molecule has 2 rings (SSSR count). The van der Waals surface area contributed by atoms with Gasteiger partial charge in [0, 0.05) is 45.0 Å². The monoisotopic (exact) mass is 495 g/mol. The van der Waals surface area contributed by atoms with E-state index in [9.17, 15) is 0 Å². The Hall–Kier alpha value is -0.570. The van der Waals surface area contributed by atoms with Gasteiger partial charge in [-0.3, -0.25) is 4.99 Å². The summed E-state index contributed by atoms with van der Waals surface area (Å²) in [5.41, 5.74) is 1.13. The molecule has 1 unspecified atom stereocenters. The number of nitrogens with one attached hydrogen (secondary N) is 2. The Morgan fingerprint density at radius 1 is 1.38 bits per heavy atom. The molecule has 0 aromatic heterocycles. The van der Waals surface area contributed by atoms with Crippen LogP contribution in [-0.4, -0.2) is 46.0 Å². The molecular weight excluding hydrogens is 465 g/mol. The van der Waals surface area contributed by atoms with Gasteiger partial charge in [-0.25, -0.2) is 0 Å². The number of rotatable bonds is 8. The van der Waals surface area contributed by atoms with Gasteiger partial charge < -0.3 is 20.1 Å². The average molecular weight is 496 g/mol. The van der Waals surface area contributed by atoms with Crippen molar-refractivity contribution in [1.82, 2.24) is 10.6 Å². The first kappa shape index (κ1) is 23.5. The second-order valence-corrected chi connectivity index (χ2v) is 6.84.